The zero-order valence-corrected chi connectivity index (χ0v) is 18.3. The van der Waals surface area contributed by atoms with Crippen molar-refractivity contribution in [3.8, 4) is 0 Å². The van der Waals surface area contributed by atoms with Crippen molar-refractivity contribution in [3.05, 3.63) is 23.3 Å². The fourth-order valence-corrected chi connectivity index (χ4v) is 5.64. The van der Waals surface area contributed by atoms with Gasteiger partial charge in [0.05, 0.1) is 10.2 Å². The number of benzene rings is 1. The Labute approximate surface area is 171 Å². The molecule has 148 valence electrons. The van der Waals surface area contributed by atoms with Crippen molar-refractivity contribution in [3.63, 3.8) is 0 Å². The first-order valence-electron chi connectivity index (χ1n) is 10.1. The number of amides is 1. The zero-order chi connectivity index (χ0) is 19.2. The maximum atomic E-state index is 12.4. The van der Waals surface area contributed by atoms with Crippen LogP contribution in [0, 0.1) is 19.8 Å². The maximum Gasteiger partial charge on any atom is 0.223 e. The molecule has 1 aliphatic heterocycles. The number of anilines is 1. The second-order valence-electron chi connectivity index (χ2n) is 7.44. The van der Waals surface area contributed by atoms with E-state index in [1.165, 1.54) is 28.0 Å². The van der Waals surface area contributed by atoms with Gasteiger partial charge in [0.15, 0.2) is 5.13 Å². The fourth-order valence-electron chi connectivity index (χ4n) is 3.60. The van der Waals surface area contributed by atoms with Crippen LogP contribution < -0.4 is 10.2 Å². The number of thioether (sulfide) groups is 1. The number of rotatable bonds is 8. The van der Waals surface area contributed by atoms with E-state index in [-0.39, 0.29) is 11.8 Å². The number of hydrogen-bond donors (Lipinski definition) is 1. The van der Waals surface area contributed by atoms with Crippen LogP contribution in [0.3, 0.4) is 0 Å². The Kier molecular flexibility index (Phi) is 7.41. The quantitative estimate of drug-likeness (QED) is 0.642. The van der Waals surface area contributed by atoms with Crippen molar-refractivity contribution < 1.29 is 4.79 Å². The van der Waals surface area contributed by atoms with Crippen molar-refractivity contribution in [1.29, 1.82) is 0 Å². The Hall–Kier alpha value is -1.27. The predicted molar refractivity (Wildman–Crippen MR) is 119 cm³/mol. The molecule has 0 atom stereocenters. The van der Waals surface area contributed by atoms with Crippen LogP contribution in [0.25, 0.3) is 10.2 Å². The Balaban J connectivity index is 1.47. The summed E-state index contributed by atoms with van der Waals surface area (Å²) < 4.78 is 1.27. The molecule has 0 saturated carbocycles. The summed E-state index contributed by atoms with van der Waals surface area (Å²) in [7, 11) is 0. The van der Waals surface area contributed by atoms with E-state index in [0.717, 1.165) is 55.3 Å². The molecule has 2 heterocycles. The molecule has 27 heavy (non-hydrogen) atoms. The molecule has 1 aromatic carbocycles. The molecule has 6 heteroatoms. The SMILES string of the molecule is CCCSCCCNC(=O)C1CCN(c2nc3c(C)cc(C)cc3s2)CC1. The summed E-state index contributed by atoms with van der Waals surface area (Å²) >= 11 is 3.76. The van der Waals surface area contributed by atoms with Crippen LogP contribution in [0.5, 0.6) is 0 Å². The fraction of sp³-hybridized carbons (Fsp3) is 0.619. The summed E-state index contributed by atoms with van der Waals surface area (Å²) in [6, 6.07) is 4.42. The van der Waals surface area contributed by atoms with Gasteiger partial charge in [0, 0.05) is 25.6 Å². The van der Waals surface area contributed by atoms with Gasteiger partial charge in [-0.25, -0.2) is 4.98 Å². The van der Waals surface area contributed by atoms with E-state index in [2.05, 4.69) is 43.1 Å². The normalized spacial score (nSPS) is 15.4. The minimum atomic E-state index is 0.155. The van der Waals surface area contributed by atoms with E-state index < -0.39 is 0 Å². The van der Waals surface area contributed by atoms with Crippen LogP contribution in [0.1, 0.15) is 43.7 Å². The number of fused-ring (bicyclic) bond motifs is 1. The number of aryl methyl sites for hydroxylation is 2. The van der Waals surface area contributed by atoms with Crippen molar-refractivity contribution in [1.82, 2.24) is 10.3 Å². The van der Waals surface area contributed by atoms with E-state index in [1.54, 1.807) is 11.3 Å². The molecule has 1 N–H and O–H groups in total. The monoisotopic (exact) mass is 405 g/mol. The summed E-state index contributed by atoms with van der Waals surface area (Å²) in [5.74, 6) is 2.76. The molecule has 0 spiro atoms. The van der Waals surface area contributed by atoms with Crippen LogP contribution in [0.15, 0.2) is 12.1 Å². The Morgan fingerprint density at radius 2 is 2.07 bits per heavy atom. The lowest BCUT2D eigenvalue weighted by molar-refractivity contribution is -0.125. The molecular weight excluding hydrogens is 374 g/mol. The minimum Gasteiger partial charge on any atom is -0.356 e. The Bertz CT molecular complexity index is 766. The highest BCUT2D eigenvalue weighted by Crippen LogP contribution is 2.33. The molecule has 0 unspecified atom stereocenters. The van der Waals surface area contributed by atoms with Crippen molar-refractivity contribution in [2.45, 2.75) is 46.5 Å². The average Bonchev–Trinajstić information content (AvgIpc) is 3.09. The number of thiazole rings is 1. The van der Waals surface area contributed by atoms with Gasteiger partial charge in [0.25, 0.3) is 0 Å². The van der Waals surface area contributed by atoms with Gasteiger partial charge in [-0.1, -0.05) is 24.3 Å². The molecule has 0 aliphatic carbocycles. The molecule has 0 radical (unpaired) electrons. The van der Waals surface area contributed by atoms with Gasteiger partial charge in [-0.2, -0.15) is 11.8 Å². The van der Waals surface area contributed by atoms with E-state index in [4.69, 9.17) is 4.98 Å². The highest BCUT2D eigenvalue weighted by Gasteiger charge is 2.26. The van der Waals surface area contributed by atoms with Crippen LogP contribution in [-0.2, 0) is 4.79 Å². The summed E-state index contributed by atoms with van der Waals surface area (Å²) in [4.78, 5) is 19.6. The first kappa shape index (κ1) is 20.5. The summed E-state index contributed by atoms with van der Waals surface area (Å²) in [6.45, 7) is 9.13. The zero-order valence-electron chi connectivity index (χ0n) is 16.7. The number of nitrogens with zero attached hydrogens (tertiary/aromatic N) is 2. The van der Waals surface area contributed by atoms with E-state index in [9.17, 15) is 4.79 Å². The first-order chi connectivity index (χ1) is 13.1. The highest BCUT2D eigenvalue weighted by atomic mass is 32.2. The van der Waals surface area contributed by atoms with Gasteiger partial charge in [0.1, 0.15) is 0 Å². The second kappa shape index (κ2) is 9.78. The van der Waals surface area contributed by atoms with Crippen LogP contribution in [0.2, 0.25) is 0 Å². The second-order valence-corrected chi connectivity index (χ2v) is 9.68. The van der Waals surface area contributed by atoms with Gasteiger partial charge in [-0.15, -0.1) is 0 Å². The third-order valence-corrected chi connectivity index (χ3v) is 7.41. The van der Waals surface area contributed by atoms with Crippen molar-refractivity contribution in [2.24, 2.45) is 5.92 Å². The molecule has 1 aromatic heterocycles. The minimum absolute atomic E-state index is 0.155. The number of hydrogen-bond acceptors (Lipinski definition) is 5. The standard InChI is InChI=1S/C21H31N3OS2/c1-4-11-26-12-5-8-22-20(25)17-6-9-24(10-7-17)21-23-19-16(3)13-15(2)14-18(19)27-21/h13-14,17H,4-12H2,1-3H3,(H,22,25). The highest BCUT2D eigenvalue weighted by molar-refractivity contribution is 7.99. The third-order valence-electron chi connectivity index (χ3n) is 5.07. The Morgan fingerprint density at radius 3 is 2.81 bits per heavy atom. The first-order valence-corrected chi connectivity index (χ1v) is 12.0. The third kappa shape index (κ3) is 5.38. The van der Waals surface area contributed by atoms with E-state index >= 15 is 0 Å². The smallest absolute Gasteiger partial charge is 0.223 e. The molecule has 2 aromatic rings. The van der Waals surface area contributed by atoms with Crippen molar-refractivity contribution in [2.75, 3.05) is 36.0 Å². The van der Waals surface area contributed by atoms with E-state index in [1.807, 2.05) is 11.8 Å². The summed E-state index contributed by atoms with van der Waals surface area (Å²) in [6.07, 6.45) is 4.14. The van der Waals surface area contributed by atoms with Crippen LogP contribution in [-0.4, -0.2) is 42.0 Å². The maximum absolute atomic E-state index is 12.4. The largest absolute Gasteiger partial charge is 0.356 e. The molecule has 1 fully saturated rings. The van der Waals surface area contributed by atoms with Gasteiger partial charge in [0.2, 0.25) is 5.91 Å². The molecule has 1 amide bonds. The van der Waals surface area contributed by atoms with Crippen LogP contribution >= 0.6 is 23.1 Å². The predicted octanol–water partition coefficient (Wildman–Crippen LogP) is 4.78. The number of piperidine rings is 1. The van der Waals surface area contributed by atoms with Gasteiger partial charge < -0.3 is 10.2 Å². The number of aromatic nitrogens is 1. The molecule has 3 rings (SSSR count). The molecule has 0 bridgehead atoms. The summed E-state index contributed by atoms with van der Waals surface area (Å²) in [5, 5.41) is 4.24. The Morgan fingerprint density at radius 1 is 1.30 bits per heavy atom. The molecule has 1 saturated heterocycles. The van der Waals surface area contributed by atoms with Crippen LogP contribution in [0.4, 0.5) is 5.13 Å². The molecular formula is C21H31N3OS2. The molecule has 4 nitrogen and oxygen atoms in total. The van der Waals surface area contributed by atoms with Gasteiger partial charge in [-0.05, 0) is 68.2 Å². The lowest BCUT2D eigenvalue weighted by Crippen LogP contribution is -2.40. The van der Waals surface area contributed by atoms with Gasteiger partial charge in [-0.3, -0.25) is 4.79 Å². The summed E-state index contributed by atoms with van der Waals surface area (Å²) in [5.41, 5.74) is 3.67. The van der Waals surface area contributed by atoms with Gasteiger partial charge >= 0.3 is 0 Å². The lowest BCUT2D eigenvalue weighted by Gasteiger charge is -2.31. The topological polar surface area (TPSA) is 45.2 Å². The average molecular weight is 406 g/mol. The number of nitrogens with one attached hydrogen (secondary N) is 1. The van der Waals surface area contributed by atoms with E-state index in [0.29, 0.717) is 0 Å². The number of carbonyl (C=O) groups excluding carboxylic acids is 1. The van der Waals surface area contributed by atoms with Crippen molar-refractivity contribution >= 4 is 44.4 Å². The lowest BCUT2D eigenvalue weighted by atomic mass is 9.96. The number of carbonyl (C=O) groups is 1. The molecule has 1 aliphatic rings.